The first-order valence-corrected chi connectivity index (χ1v) is 11.0. The van der Waals surface area contributed by atoms with Crippen LogP contribution in [0.2, 0.25) is 0 Å². The van der Waals surface area contributed by atoms with Crippen LogP contribution in [-0.2, 0) is 4.57 Å². The Hall–Kier alpha value is -2.13. The average molecular weight is 406 g/mol. The van der Waals surface area contributed by atoms with Gasteiger partial charge in [-0.25, -0.2) is 0 Å². The van der Waals surface area contributed by atoms with Crippen molar-refractivity contribution in [2.24, 2.45) is 0 Å². The summed E-state index contributed by atoms with van der Waals surface area (Å²) in [5.74, 6) is 0.635. The molecule has 0 radical (unpaired) electrons. The maximum absolute atomic E-state index is 14.3. The van der Waals surface area contributed by atoms with Gasteiger partial charge in [0.15, 0.2) is 0 Å². The largest absolute Gasteiger partial charge is 0.436 e. The van der Waals surface area contributed by atoms with Crippen LogP contribution in [0.5, 0.6) is 5.75 Å². The highest BCUT2D eigenvalue weighted by Gasteiger charge is 2.39. The molecule has 0 saturated carbocycles. The summed E-state index contributed by atoms with van der Waals surface area (Å²) in [5.41, 5.74) is 1.90. The van der Waals surface area contributed by atoms with E-state index in [9.17, 15) is 4.57 Å². The van der Waals surface area contributed by atoms with Gasteiger partial charge in [-0.3, -0.25) is 4.57 Å². The van der Waals surface area contributed by atoms with Crippen LogP contribution >= 0.6 is 32.6 Å². The lowest BCUT2D eigenvalue weighted by Gasteiger charge is -2.29. The molecule has 4 aromatic rings. The van der Waals surface area contributed by atoms with Gasteiger partial charge in [-0.15, -0.1) is 25.3 Å². The van der Waals surface area contributed by atoms with Gasteiger partial charge in [0, 0.05) is 15.4 Å². The third-order valence-corrected chi connectivity index (χ3v) is 8.17. The van der Waals surface area contributed by atoms with Crippen LogP contribution in [0.3, 0.4) is 0 Å². The minimum Gasteiger partial charge on any atom is -0.436 e. The fourth-order valence-corrected chi connectivity index (χ4v) is 6.76. The molecule has 2 nitrogen and oxygen atoms in total. The second-order valence-electron chi connectivity index (χ2n) is 6.53. The second-order valence-corrected chi connectivity index (χ2v) is 9.78. The van der Waals surface area contributed by atoms with E-state index in [1.54, 1.807) is 0 Å². The Bertz CT molecular complexity index is 1270. The molecule has 0 N–H and O–H groups in total. The molecule has 1 aliphatic heterocycles. The minimum absolute atomic E-state index is 0.610. The number of fused-ring (bicyclic) bond motifs is 4. The normalized spacial score (nSPS) is 17.9. The standard InChI is InChI=1S/C22H15O2PS2/c23-25(21-12-15-11-16(26)10-9-14(15)13-22(21)27)20-8-4-2-6-18(20)17-5-1-3-7-19(17)24-25/h1-13,26-27H. The molecule has 1 heterocycles. The molecule has 0 bridgehead atoms. The maximum atomic E-state index is 14.3. The van der Waals surface area contributed by atoms with Crippen molar-refractivity contribution in [1.29, 1.82) is 0 Å². The van der Waals surface area contributed by atoms with E-state index >= 15 is 0 Å². The molecule has 0 spiro atoms. The van der Waals surface area contributed by atoms with Crippen molar-refractivity contribution in [2.75, 3.05) is 0 Å². The molecule has 1 unspecified atom stereocenters. The van der Waals surface area contributed by atoms with Crippen LogP contribution in [0, 0.1) is 0 Å². The SMILES string of the molecule is O=P1(c2cc3cc(S)ccc3cc2S)Oc2ccccc2-c2ccccc21. The highest BCUT2D eigenvalue weighted by molar-refractivity contribution is 7.82. The highest BCUT2D eigenvalue weighted by Crippen LogP contribution is 2.54. The van der Waals surface area contributed by atoms with Crippen molar-refractivity contribution in [3.63, 3.8) is 0 Å². The summed E-state index contributed by atoms with van der Waals surface area (Å²) in [6, 6.07) is 25.2. The fraction of sp³-hybridized carbons (Fsp3) is 0. The number of hydrogen-bond acceptors (Lipinski definition) is 4. The van der Waals surface area contributed by atoms with E-state index in [-0.39, 0.29) is 0 Å². The molecule has 0 fully saturated rings. The molecule has 1 aliphatic rings. The number of rotatable bonds is 1. The Labute approximate surface area is 168 Å². The van der Waals surface area contributed by atoms with Crippen molar-refractivity contribution in [3.05, 3.63) is 78.9 Å². The van der Waals surface area contributed by atoms with Crippen LogP contribution in [0.25, 0.3) is 21.9 Å². The highest BCUT2D eigenvalue weighted by atomic mass is 32.1. The summed E-state index contributed by atoms with van der Waals surface area (Å²) in [6.07, 6.45) is 0. The zero-order valence-electron chi connectivity index (χ0n) is 14.2. The topological polar surface area (TPSA) is 26.3 Å². The first kappa shape index (κ1) is 17.0. The van der Waals surface area contributed by atoms with E-state index in [1.165, 1.54) is 0 Å². The summed E-state index contributed by atoms with van der Waals surface area (Å²) < 4.78 is 20.5. The van der Waals surface area contributed by atoms with Gasteiger partial charge in [-0.2, -0.15) is 0 Å². The van der Waals surface area contributed by atoms with Crippen molar-refractivity contribution < 1.29 is 9.09 Å². The smallest absolute Gasteiger partial charge is 0.308 e. The molecular weight excluding hydrogens is 391 g/mol. The Kier molecular flexibility index (Phi) is 3.90. The Morgan fingerprint density at radius 1 is 0.704 bits per heavy atom. The van der Waals surface area contributed by atoms with E-state index < -0.39 is 7.37 Å². The van der Waals surface area contributed by atoms with Gasteiger partial charge in [-0.1, -0.05) is 42.5 Å². The molecule has 5 heteroatoms. The van der Waals surface area contributed by atoms with Crippen LogP contribution in [0.1, 0.15) is 0 Å². The summed E-state index contributed by atoms with van der Waals surface area (Å²) in [4.78, 5) is 1.51. The summed E-state index contributed by atoms with van der Waals surface area (Å²) in [6.45, 7) is 0. The van der Waals surface area contributed by atoms with Crippen molar-refractivity contribution in [3.8, 4) is 16.9 Å². The Morgan fingerprint density at radius 3 is 2.30 bits per heavy atom. The molecule has 1 atom stereocenters. The van der Waals surface area contributed by atoms with Gasteiger partial charge in [0.25, 0.3) is 0 Å². The summed E-state index contributed by atoms with van der Waals surface area (Å²) in [7, 11) is -3.35. The summed E-state index contributed by atoms with van der Waals surface area (Å²) >= 11 is 9.09. The number of thiol groups is 2. The molecule has 27 heavy (non-hydrogen) atoms. The zero-order chi connectivity index (χ0) is 18.6. The zero-order valence-corrected chi connectivity index (χ0v) is 16.8. The minimum atomic E-state index is -3.35. The number of para-hydroxylation sites is 1. The number of benzene rings is 4. The molecule has 0 aromatic heterocycles. The van der Waals surface area contributed by atoms with E-state index in [1.807, 2.05) is 78.9 Å². The molecule has 0 saturated heterocycles. The van der Waals surface area contributed by atoms with E-state index in [2.05, 4.69) is 25.3 Å². The van der Waals surface area contributed by atoms with E-state index in [0.717, 1.165) is 26.8 Å². The lowest BCUT2D eigenvalue weighted by atomic mass is 10.0. The van der Waals surface area contributed by atoms with Gasteiger partial charge in [0.2, 0.25) is 0 Å². The third-order valence-electron chi connectivity index (χ3n) is 4.86. The molecule has 0 aliphatic carbocycles. The van der Waals surface area contributed by atoms with Crippen molar-refractivity contribution in [2.45, 2.75) is 9.79 Å². The van der Waals surface area contributed by atoms with Gasteiger partial charge < -0.3 is 4.52 Å². The predicted octanol–water partition coefficient (Wildman–Crippen LogP) is 5.71. The van der Waals surface area contributed by atoms with Crippen LogP contribution in [0.15, 0.2) is 88.7 Å². The van der Waals surface area contributed by atoms with Crippen LogP contribution in [-0.4, -0.2) is 0 Å². The third kappa shape index (κ3) is 2.63. The lowest BCUT2D eigenvalue weighted by Crippen LogP contribution is -2.26. The molecular formula is C22H15O2PS2. The van der Waals surface area contributed by atoms with Gasteiger partial charge in [0.05, 0.1) is 10.6 Å². The quantitative estimate of drug-likeness (QED) is 0.313. The van der Waals surface area contributed by atoms with Crippen LogP contribution in [0.4, 0.5) is 0 Å². The summed E-state index contributed by atoms with van der Waals surface area (Å²) in [5, 5.41) is 3.31. The van der Waals surface area contributed by atoms with Gasteiger partial charge >= 0.3 is 7.37 Å². The Morgan fingerprint density at radius 2 is 1.44 bits per heavy atom. The molecule has 132 valence electrons. The average Bonchev–Trinajstić information content (AvgIpc) is 2.68. The molecule has 4 aromatic carbocycles. The lowest BCUT2D eigenvalue weighted by molar-refractivity contribution is 0.501. The monoisotopic (exact) mass is 406 g/mol. The van der Waals surface area contributed by atoms with Crippen molar-refractivity contribution in [1.82, 2.24) is 0 Å². The molecule has 0 amide bonds. The first-order chi connectivity index (χ1) is 13.1. The fourth-order valence-electron chi connectivity index (χ4n) is 3.59. The van der Waals surface area contributed by atoms with E-state index in [0.29, 0.717) is 21.3 Å². The van der Waals surface area contributed by atoms with Crippen LogP contribution < -0.4 is 15.1 Å². The van der Waals surface area contributed by atoms with E-state index in [4.69, 9.17) is 4.52 Å². The van der Waals surface area contributed by atoms with Gasteiger partial charge in [-0.05, 0) is 52.7 Å². The molecule has 5 rings (SSSR count). The number of hydrogen-bond donors (Lipinski definition) is 2. The van der Waals surface area contributed by atoms with Crippen molar-refractivity contribution >= 4 is 54.0 Å². The Balaban J connectivity index is 1.82. The second kappa shape index (κ2) is 6.20. The van der Waals surface area contributed by atoms with Gasteiger partial charge in [0.1, 0.15) is 5.75 Å². The predicted molar refractivity (Wildman–Crippen MR) is 118 cm³/mol. The first-order valence-electron chi connectivity index (χ1n) is 8.51. The maximum Gasteiger partial charge on any atom is 0.308 e.